The van der Waals surface area contributed by atoms with Crippen LogP contribution in [0.5, 0.6) is 0 Å². The lowest BCUT2D eigenvalue weighted by molar-refractivity contribution is 1.01. The molecule has 6 aromatic carbocycles. The van der Waals surface area contributed by atoms with Crippen molar-refractivity contribution < 1.29 is 0 Å². The lowest BCUT2D eigenvalue weighted by Gasteiger charge is -2.32. The van der Waals surface area contributed by atoms with Gasteiger partial charge in [0.2, 0.25) is 0 Å². The smallest absolute Gasteiger partial charge is 0.0786 e. The average molecular weight is 551 g/mol. The Bertz CT molecular complexity index is 1860. The van der Waals surface area contributed by atoms with Crippen molar-refractivity contribution in [3.05, 3.63) is 182 Å². The normalized spacial score (nSPS) is 14.7. The number of hydrogen-bond donors (Lipinski definition) is 0. The first-order valence-electron chi connectivity index (χ1n) is 14.8. The van der Waals surface area contributed by atoms with Crippen LogP contribution in [0.3, 0.4) is 0 Å². The molecule has 43 heavy (non-hydrogen) atoms. The predicted octanol–water partition coefficient (Wildman–Crippen LogP) is 11.0. The van der Waals surface area contributed by atoms with Crippen LogP contribution in [0.2, 0.25) is 0 Å². The molecule has 0 spiro atoms. The molecule has 1 aliphatic heterocycles. The molecule has 0 fully saturated rings. The van der Waals surface area contributed by atoms with Crippen LogP contribution in [0.25, 0.3) is 27.8 Å². The molecule has 2 heteroatoms. The van der Waals surface area contributed by atoms with Gasteiger partial charge in [-0.25, -0.2) is 0 Å². The predicted molar refractivity (Wildman–Crippen MR) is 181 cm³/mol. The van der Waals surface area contributed by atoms with Crippen molar-refractivity contribution in [2.75, 3.05) is 9.80 Å². The van der Waals surface area contributed by atoms with Gasteiger partial charge in [-0.2, -0.15) is 0 Å². The van der Waals surface area contributed by atoms with Crippen LogP contribution in [0.15, 0.2) is 176 Å². The third kappa shape index (κ3) is 4.45. The highest BCUT2D eigenvalue weighted by Gasteiger charge is 2.37. The van der Waals surface area contributed by atoms with Crippen LogP contribution >= 0.6 is 0 Å². The zero-order chi connectivity index (χ0) is 28.6. The van der Waals surface area contributed by atoms with Crippen molar-refractivity contribution >= 4 is 34.0 Å². The second kappa shape index (κ2) is 10.7. The van der Waals surface area contributed by atoms with Crippen molar-refractivity contribution in [2.45, 2.75) is 6.04 Å². The van der Waals surface area contributed by atoms with Gasteiger partial charge in [-0.1, -0.05) is 133 Å². The fraction of sp³-hybridized carbons (Fsp3) is 0.0244. The van der Waals surface area contributed by atoms with Crippen molar-refractivity contribution in [1.82, 2.24) is 0 Å². The van der Waals surface area contributed by atoms with Gasteiger partial charge in [0, 0.05) is 22.6 Å². The zero-order valence-corrected chi connectivity index (χ0v) is 23.7. The lowest BCUT2D eigenvalue weighted by atomic mass is 10.0. The monoisotopic (exact) mass is 550 g/mol. The second-order valence-electron chi connectivity index (χ2n) is 11.0. The summed E-state index contributed by atoms with van der Waals surface area (Å²) in [5.74, 6) is 0. The van der Waals surface area contributed by atoms with E-state index in [-0.39, 0.29) is 6.04 Å². The summed E-state index contributed by atoms with van der Waals surface area (Å²) in [5, 5.41) is 0. The molecule has 2 aliphatic rings. The first-order valence-corrected chi connectivity index (χ1v) is 14.8. The lowest BCUT2D eigenvalue weighted by Crippen LogP contribution is -2.25. The highest BCUT2D eigenvalue weighted by Crippen LogP contribution is 2.53. The van der Waals surface area contributed by atoms with E-state index in [1.165, 1.54) is 44.8 Å². The van der Waals surface area contributed by atoms with Crippen LogP contribution in [-0.2, 0) is 0 Å². The molecule has 0 amide bonds. The summed E-state index contributed by atoms with van der Waals surface area (Å²) >= 11 is 0. The van der Waals surface area contributed by atoms with E-state index < -0.39 is 0 Å². The molecule has 0 bridgehead atoms. The fourth-order valence-electron chi connectivity index (χ4n) is 6.45. The van der Waals surface area contributed by atoms with E-state index in [4.69, 9.17) is 0 Å². The van der Waals surface area contributed by atoms with E-state index in [0.29, 0.717) is 0 Å². The van der Waals surface area contributed by atoms with Gasteiger partial charge in [0.15, 0.2) is 0 Å². The van der Waals surface area contributed by atoms with Gasteiger partial charge in [-0.3, -0.25) is 0 Å². The summed E-state index contributed by atoms with van der Waals surface area (Å²) in [6.07, 6.45) is 6.76. The maximum atomic E-state index is 2.49. The Labute approximate surface area is 253 Å². The molecule has 6 aromatic rings. The number of hydrogen-bond acceptors (Lipinski definition) is 2. The molecular weight excluding hydrogens is 520 g/mol. The zero-order valence-electron chi connectivity index (χ0n) is 23.7. The van der Waals surface area contributed by atoms with Gasteiger partial charge in [-0.05, 0) is 70.3 Å². The Kier molecular flexibility index (Phi) is 6.23. The van der Waals surface area contributed by atoms with Gasteiger partial charge in [0.1, 0.15) is 0 Å². The van der Waals surface area contributed by atoms with Gasteiger partial charge >= 0.3 is 0 Å². The molecule has 0 saturated heterocycles. The van der Waals surface area contributed by atoms with E-state index in [1.54, 1.807) is 0 Å². The van der Waals surface area contributed by atoms with E-state index in [9.17, 15) is 0 Å². The SMILES string of the molecule is C1=CC2C(=C1)c1cccc(N(c3ccc(-c4ccccc4)cc3)c3ccc(-c4ccccc4)cc3)c1N2c1ccccc1. The number of rotatable bonds is 6. The molecule has 1 aliphatic carbocycles. The van der Waals surface area contributed by atoms with E-state index in [2.05, 4.69) is 186 Å². The number of allylic oxidation sites excluding steroid dienone is 2. The number of para-hydroxylation sites is 2. The molecule has 0 saturated carbocycles. The summed E-state index contributed by atoms with van der Waals surface area (Å²) in [6, 6.07) is 56.7. The molecule has 8 rings (SSSR count). The summed E-state index contributed by atoms with van der Waals surface area (Å²) in [5.41, 5.74) is 13.3. The number of fused-ring (bicyclic) bond motifs is 3. The summed E-state index contributed by atoms with van der Waals surface area (Å²) < 4.78 is 0. The van der Waals surface area contributed by atoms with Crippen molar-refractivity contribution in [3.63, 3.8) is 0 Å². The maximum Gasteiger partial charge on any atom is 0.0786 e. The highest BCUT2D eigenvalue weighted by molar-refractivity contribution is 6.03. The number of benzene rings is 6. The molecule has 1 atom stereocenters. The average Bonchev–Trinajstić information content (AvgIpc) is 3.69. The van der Waals surface area contributed by atoms with Crippen molar-refractivity contribution in [3.8, 4) is 22.3 Å². The Morgan fingerprint density at radius 3 is 1.53 bits per heavy atom. The van der Waals surface area contributed by atoms with Crippen molar-refractivity contribution in [2.24, 2.45) is 0 Å². The molecule has 0 radical (unpaired) electrons. The van der Waals surface area contributed by atoms with Crippen LogP contribution in [0, 0.1) is 0 Å². The van der Waals surface area contributed by atoms with Gasteiger partial charge in [-0.15, -0.1) is 0 Å². The van der Waals surface area contributed by atoms with E-state index in [1.807, 2.05) is 0 Å². The molecule has 2 nitrogen and oxygen atoms in total. The number of anilines is 5. The summed E-state index contributed by atoms with van der Waals surface area (Å²) in [7, 11) is 0. The Hall–Kier alpha value is -5.60. The Morgan fingerprint density at radius 1 is 0.465 bits per heavy atom. The minimum Gasteiger partial charge on any atom is -0.328 e. The second-order valence-corrected chi connectivity index (χ2v) is 11.0. The minimum absolute atomic E-state index is 0.182. The quantitative estimate of drug-likeness (QED) is 0.203. The molecule has 1 unspecified atom stereocenters. The highest BCUT2D eigenvalue weighted by atomic mass is 15.2. The molecule has 1 heterocycles. The van der Waals surface area contributed by atoms with Crippen molar-refractivity contribution in [1.29, 1.82) is 0 Å². The summed E-state index contributed by atoms with van der Waals surface area (Å²) in [4.78, 5) is 4.90. The Morgan fingerprint density at radius 2 is 0.977 bits per heavy atom. The van der Waals surface area contributed by atoms with Crippen LogP contribution in [0.1, 0.15) is 5.56 Å². The van der Waals surface area contributed by atoms with E-state index >= 15 is 0 Å². The van der Waals surface area contributed by atoms with Gasteiger partial charge in [0.25, 0.3) is 0 Å². The van der Waals surface area contributed by atoms with Gasteiger partial charge in [0.05, 0.1) is 17.4 Å². The molecule has 0 N–H and O–H groups in total. The standard InChI is InChI=1S/C41H30N2/c1-4-12-30(13-5-1)32-22-26-35(27-23-32)42(36-28-24-33(25-29-36)31-14-6-2-7-15-31)40-21-11-19-38-37-18-10-20-39(37)43(41(38)40)34-16-8-3-9-17-34/h1-29,39H. The van der Waals surface area contributed by atoms with Crippen LogP contribution in [-0.4, -0.2) is 6.04 Å². The Balaban J connectivity index is 1.30. The first-order chi connectivity index (χ1) is 21.3. The summed E-state index contributed by atoms with van der Waals surface area (Å²) in [6.45, 7) is 0. The third-order valence-corrected chi connectivity index (χ3v) is 8.47. The minimum atomic E-state index is 0.182. The van der Waals surface area contributed by atoms with E-state index in [0.717, 1.165) is 17.1 Å². The molecular formula is C41H30N2. The van der Waals surface area contributed by atoms with Gasteiger partial charge < -0.3 is 9.80 Å². The van der Waals surface area contributed by atoms with Crippen LogP contribution < -0.4 is 9.80 Å². The number of nitrogens with zero attached hydrogens (tertiary/aromatic N) is 2. The fourth-order valence-corrected chi connectivity index (χ4v) is 6.45. The topological polar surface area (TPSA) is 6.48 Å². The molecule has 0 aromatic heterocycles. The molecule has 204 valence electrons. The first kappa shape index (κ1) is 25.1. The van der Waals surface area contributed by atoms with Crippen LogP contribution in [0.4, 0.5) is 28.4 Å². The maximum absolute atomic E-state index is 2.49. The largest absolute Gasteiger partial charge is 0.328 e. The third-order valence-electron chi connectivity index (χ3n) is 8.47.